The predicted octanol–water partition coefficient (Wildman–Crippen LogP) is 3.44. The summed E-state index contributed by atoms with van der Waals surface area (Å²) in [5.74, 6) is 2.87. The molecule has 1 unspecified atom stereocenters. The maximum Gasteiger partial charge on any atom is 0.191 e. The largest absolute Gasteiger partial charge is 0.487 e. The van der Waals surface area contributed by atoms with E-state index in [4.69, 9.17) is 4.74 Å². The van der Waals surface area contributed by atoms with Crippen molar-refractivity contribution in [1.29, 1.82) is 0 Å². The number of rotatable bonds is 6. The molecule has 0 fully saturated rings. The van der Waals surface area contributed by atoms with Crippen LogP contribution in [0.3, 0.4) is 0 Å². The van der Waals surface area contributed by atoms with Crippen LogP contribution in [0.5, 0.6) is 5.75 Å². The van der Waals surface area contributed by atoms with Gasteiger partial charge in [-0.1, -0.05) is 18.2 Å². The third-order valence-corrected chi connectivity index (χ3v) is 4.95. The predicted molar refractivity (Wildman–Crippen MR) is 109 cm³/mol. The average Bonchev–Trinajstić information content (AvgIpc) is 3.04. The van der Waals surface area contributed by atoms with E-state index < -0.39 is 0 Å². The summed E-state index contributed by atoms with van der Waals surface area (Å²) in [6.07, 6.45) is 6.97. The molecule has 0 radical (unpaired) electrons. The summed E-state index contributed by atoms with van der Waals surface area (Å²) >= 11 is 0. The first-order chi connectivity index (χ1) is 13.0. The van der Waals surface area contributed by atoms with Crippen LogP contribution in [-0.2, 0) is 6.54 Å². The van der Waals surface area contributed by atoms with Crippen molar-refractivity contribution >= 4 is 5.96 Å². The highest BCUT2D eigenvalue weighted by Crippen LogP contribution is 2.39. The molecule has 1 aromatic heterocycles. The zero-order chi connectivity index (χ0) is 19.3. The molecule has 6 heteroatoms. The van der Waals surface area contributed by atoms with E-state index in [1.54, 1.807) is 0 Å². The van der Waals surface area contributed by atoms with Gasteiger partial charge in [0, 0.05) is 44.5 Å². The van der Waals surface area contributed by atoms with Crippen LogP contribution >= 0.6 is 0 Å². The number of hydrogen-bond donors (Lipinski definition) is 2. The minimum Gasteiger partial charge on any atom is -0.487 e. The Bertz CT molecular complexity index is 780. The molecule has 0 spiro atoms. The van der Waals surface area contributed by atoms with E-state index in [1.807, 2.05) is 38.5 Å². The maximum atomic E-state index is 6.12. The van der Waals surface area contributed by atoms with Crippen molar-refractivity contribution in [3.05, 3.63) is 48.0 Å². The second-order valence-corrected chi connectivity index (χ2v) is 7.67. The van der Waals surface area contributed by atoms with Crippen LogP contribution in [0.15, 0.2) is 41.7 Å². The Morgan fingerprint density at radius 2 is 2.15 bits per heavy atom. The van der Waals surface area contributed by atoms with Gasteiger partial charge in [0.1, 0.15) is 17.2 Å². The van der Waals surface area contributed by atoms with Gasteiger partial charge in [-0.2, -0.15) is 0 Å². The Labute approximate surface area is 162 Å². The molecule has 2 heterocycles. The molecular weight excluding hydrogens is 338 g/mol. The topological polar surface area (TPSA) is 63.5 Å². The Kier molecular flexibility index (Phi) is 6.04. The quantitative estimate of drug-likeness (QED) is 0.465. The number of fused-ring (bicyclic) bond motifs is 1. The molecule has 0 amide bonds. The number of nitrogens with one attached hydrogen (secondary N) is 2. The second kappa shape index (κ2) is 8.46. The number of nitrogens with zero attached hydrogens (tertiary/aromatic N) is 3. The fraction of sp³-hybridized carbons (Fsp3) is 0.524. The number of hydrogen-bond acceptors (Lipinski definition) is 3. The Morgan fingerprint density at radius 3 is 2.89 bits per heavy atom. The molecule has 146 valence electrons. The molecule has 1 aliphatic heterocycles. The van der Waals surface area contributed by atoms with E-state index >= 15 is 0 Å². The number of aromatic nitrogens is 2. The monoisotopic (exact) mass is 369 g/mol. The fourth-order valence-electron chi connectivity index (χ4n) is 3.54. The van der Waals surface area contributed by atoms with Crippen LogP contribution in [0, 0.1) is 6.92 Å². The molecule has 1 atom stereocenters. The van der Waals surface area contributed by atoms with Crippen LogP contribution in [0.25, 0.3) is 0 Å². The third-order valence-electron chi connectivity index (χ3n) is 4.95. The molecule has 1 aliphatic rings. The van der Waals surface area contributed by atoms with Crippen molar-refractivity contribution < 1.29 is 4.74 Å². The lowest BCUT2D eigenvalue weighted by atomic mass is 9.90. The van der Waals surface area contributed by atoms with Crippen molar-refractivity contribution in [2.75, 3.05) is 13.6 Å². The van der Waals surface area contributed by atoms with Gasteiger partial charge in [-0.3, -0.25) is 4.99 Å². The number of guanidine groups is 1. The summed E-state index contributed by atoms with van der Waals surface area (Å²) in [6.45, 7) is 8.19. The van der Waals surface area contributed by atoms with E-state index in [0.717, 1.165) is 49.9 Å². The fourth-order valence-corrected chi connectivity index (χ4v) is 3.54. The maximum absolute atomic E-state index is 6.12. The number of aliphatic imine (C=N–C) groups is 1. The lowest BCUT2D eigenvalue weighted by Crippen LogP contribution is -2.45. The standard InChI is InChI=1S/C21H31N5O/c1-16-23-12-14-26(16)13-8-7-11-24-20(22-4)25-18-15-21(2,3)27-19-10-6-5-9-17(18)19/h5-6,9-10,12,14,18H,7-8,11,13,15H2,1-4H3,(H2,22,24,25). The molecule has 0 aliphatic carbocycles. The molecule has 1 aromatic carbocycles. The zero-order valence-corrected chi connectivity index (χ0v) is 16.8. The number of aryl methyl sites for hydroxylation is 2. The summed E-state index contributed by atoms with van der Waals surface area (Å²) in [7, 11) is 1.82. The summed E-state index contributed by atoms with van der Waals surface area (Å²) in [6, 6.07) is 8.43. The SMILES string of the molecule is CN=C(NCCCCn1ccnc1C)NC1CC(C)(C)Oc2ccccc21. The third kappa shape index (κ3) is 5.02. The zero-order valence-electron chi connectivity index (χ0n) is 16.8. The van der Waals surface area contributed by atoms with Crippen molar-refractivity contribution in [3.8, 4) is 5.75 Å². The molecular formula is C21H31N5O. The van der Waals surface area contributed by atoms with Crippen LogP contribution in [0.4, 0.5) is 0 Å². The van der Waals surface area contributed by atoms with E-state index in [0.29, 0.717) is 0 Å². The van der Waals surface area contributed by atoms with E-state index in [-0.39, 0.29) is 11.6 Å². The molecule has 0 bridgehead atoms. The van der Waals surface area contributed by atoms with Crippen LogP contribution in [0.2, 0.25) is 0 Å². The van der Waals surface area contributed by atoms with Gasteiger partial charge < -0.3 is 19.9 Å². The van der Waals surface area contributed by atoms with Gasteiger partial charge >= 0.3 is 0 Å². The molecule has 27 heavy (non-hydrogen) atoms. The van der Waals surface area contributed by atoms with E-state index in [2.05, 4.69) is 51.2 Å². The van der Waals surface area contributed by atoms with Crippen LogP contribution in [-0.4, -0.2) is 34.7 Å². The van der Waals surface area contributed by atoms with Crippen molar-refractivity contribution in [3.63, 3.8) is 0 Å². The highest BCUT2D eigenvalue weighted by molar-refractivity contribution is 5.80. The smallest absolute Gasteiger partial charge is 0.191 e. The normalized spacial score (nSPS) is 18.5. The second-order valence-electron chi connectivity index (χ2n) is 7.67. The summed E-state index contributed by atoms with van der Waals surface area (Å²) in [5, 5.41) is 7.02. The highest BCUT2D eigenvalue weighted by atomic mass is 16.5. The Hall–Kier alpha value is -2.50. The minimum atomic E-state index is -0.201. The van der Waals surface area contributed by atoms with Gasteiger partial charge in [-0.15, -0.1) is 0 Å². The summed E-state index contributed by atoms with van der Waals surface area (Å²) in [4.78, 5) is 8.66. The van der Waals surface area contributed by atoms with Gasteiger partial charge in [0.25, 0.3) is 0 Å². The molecule has 2 aromatic rings. The number of benzene rings is 1. The van der Waals surface area contributed by atoms with Crippen molar-refractivity contribution in [2.45, 2.75) is 58.2 Å². The molecule has 2 N–H and O–H groups in total. The first-order valence-electron chi connectivity index (χ1n) is 9.71. The summed E-state index contributed by atoms with van der Waals surface area (Å²) < 4.78 is 8.30. The number of imidazole rings is 1. The molecule has 6 nitrogen and oxygen atoms in total. The van der Waals surface area contributed by atoms with Crippen molar-refractivity contribution in [1.82, 2.24) is 20.2 Å². The first-order valence-corrected chi connectivity index (χ1v) is 9.71. The molecule has 0 saturated carbocycles. The number of unbranched alkanes of at least 4 members (excludes halogenated alkanes) is 1. The van der Waals surface area contributed by atoms with Gasteiger partial charge in [0.05, 0.1) is 6.04 Å². The van der Waals surface area contributed by atoms with Gasteiger partial charge in [-0.05, 0) is 39.7 Å². The van der Waals surface area contributed by atoms with E-state index in [1.165, 1.54) is 5.56 Å². The lowest BCUT2D eigenvalue weighted by Gasteiger charge is -2.38. The number of para-hydroxylation sites is 1. The minimum absolute atomic E-state index is 0.185. The van der Waals surface area contributed by atoms with Gasteiger partial charge in [0.15, 0.2) is 5.96 Å². The first kappa shape index (κ1) is 19.3. The van der Waals surface area contributed by atoms with E-state index in [9.17, 15) is 0 Å². The highest BCUT2D eigenvalue weighted by Gasteiger charge is 2.33. The average molecular weight is 370 g/mol. The van der Waals surface area contributed by atoms with Crippen molar-refractivity contribution in [2.24, 2.45) is 4.99 Å². The van der Waals surface area contributed by atoms with Gasteiger partial charge in [-0.25, -0.2) is 4.98 Å². The summed E-state index contributed by atoms with van der Waals surface area (Å²) in [5.41, 5.74) is 0.989. The van der Waals surface area contributed by atoms with Crippen LogP contribution < -0.4 is 15.4 Å². The Balaban J connectivity index is 1.51. The molecule has 0 saturated heterocycles. The Morgan fingerprint density at radius 1 is 1.33 bits per heavy atom. The van der Waals surface area contributed by atoms with Gasteiger partial charge in [0.2, 0.25) is 0 Å². The molecule has 3 rings (SSSR count). The lowest BCUT2D eigenvalue weighted by molar-refractivity contribution is 0.0694. The van der Waals surface area contributed by atoms with Crippen LogP contribution in [0.1, 0.15) is 50.5 Å². The number of ether oxygens (including phenoxy) is 1.